The fraction of sp³-hybridized carbons (Fsp3) is 0.800. The molecule has 2 bridgehead atoms. The minimum Gasteiger partial charge on any atom is -0.393 e. The van der Waals surface area contributed by atoms with E-state index in [-0.39, 0.29) is 6.10 Å². The standard InChI is InChI=1S/C10H16O/c11-10-6-8-3-1-2-4-9(5-8)7-10/h1,3,8-11H,2,4-7H2/t8-,9+,10+/m1/s1. The summed E-state index contributed by atoms with van der Waals surface area (Å²) in [4.78, 5) is 0. The van der Waals surface area contributed by atoms with Gasteiger partial charge in [0, 0.05) is 0 Å². The normalized spacial score (nSPS) is 43.5. The van der Waals surface area contributed by atoms with Crippen LogP contribution in [0.5, 0.6) is 0 Å². The summed E-state index contributed by atoms with van der Waals surface area (Å²) < 4.78 is 0. The highest BCUT2D eigenvalue weighted by Crippen LogP contribution is 2.35. The summed E-state index contributed by atoms with van der Waals surface area (Å²) in [6, 6.07) is 0. The number of rotatable bonds is 0. The highest BCUT2D eigenvalue weighted by atomic mass is 16.3. The Kier molecular flexibility index (Phi) is 1.99. The monoisotopic (exact) mass is 152 g/mol. The molecule has 1 saturated carbocycles. The molecule has 0 aromatic carbocycles. The van der Waals surface area contributed by atoms with Crippen LogP contribution in [0.4, 0.5) is 0 Å². The second kappa shape index (κ2) is 2.98. The van der Waals surface area contributed by atoms with Crippen LogP contribution in [0.2, 0.25) is 0 Å². The zero-order valence-electron chi connectivity index (χ0n) is 6.87. The largest absolute Gasteiger partial charge is 0.393 e. The van der Waals surface area contributed by atoms with Crippen molar-refractivity contribution in [2.75, 3.05) is 0 Å². The minimum atomic E-state index is -0.0125. The van der Waals surface area contributed by atoms with E-state index in [0.717, 1.165) is 18.8 Å². The number of hydrogen-bond acceptors (Lipinski definition) is 1. The molecule has 2 aliphatic carbocycles. The van der Waals surface area contributed by atoms with Crippen LogP contribution in [0.3, 0.4) is 0 Å². The molecule has 0 heterocycles. The Bertz CT molecular complexity index is 162. The highest BCUT2D eigenvalue weighted by Gasteiger charge is 2.26. The SMILES string of the molecule is O[C@H]1C[C@@H]2C=CCC[C@H](C1)C2. The predicted octanol–water partition coefficient (Wildman–Crippen LogP) is 2.11. The van der Waals surface area contributed by atoms with E-state index in [1.54, 1.807) is 0 Å². The first kappa shape index (κ1) is 7.35. The molecule has 0 aromatic heterocycles. The second-order valence-corrected chi connectivity index (χ2v) is 3.99. The summed E-state index contributed by atoms with van der Waals surface area (Å²) >= 11 is 0. The molecule has 0 amide bonds. The summed E-state index contributed by atoms with van der Waals surface area (Å²) in [5, 5.41) is 9.51. The van der Waals surface area contributed by atoms with E-state index < -0.39 is 0 Å². The third kappa shape index (κ3) is 1.64. The maximum Gasteiger partial charge on any atom is 0.0548 e. The van der Waals surface area contributed by atoms with Crippen molar-refractivity contribution in [1.82, 2.24) is 0 Å². The molecule has 1 N–H and O–H groups in total. The van der Waals surface area contributed by atoms with Crippen LogP contribution in [0.25, 0.3) is 0 Å². The topological polar surface area (TPSA) is 20.2 Å². The molecule has 1 heteroatoms. The number of allylic oxidation sites excluding steroid dienone is 2. The first-order valence-electron chi connectivity index (χ1n) is 4.69. The number of aliphatic hydroxyl groups excluding tert-OH is 1. The van der Waals surface area contributed by atoms with Gasteiger partial charge in [-0.05, 0) is 43.9 Å². The molecule has 11 heavy (non-hydrogen) atoms. The molecular formula is C10H16O. The van der Waals surface area contributed by atoms with Crippen molar-refractivity contribution in [1.29, 1.82) is 0 Å². The van der Waals surface area contributed by atoms with Crippen LogP contribution in [0.1, 0.15) is 32.1 Å². The lowest BCUT2D eigenvalue weighted by Crippen LogP contribution is -2.24. The van der Waals surface area contributed by atoms with Crippen LogP contribution in [0.15, 0.2) is 12.2 Å². The summed E-state index contributed by atoms with van der Waals surface area (Å²) in [5.41, 5.74) is 0. The maximum absolute atomic E-state index is 9.51. The van der Waals surface area contributed by atoms with Crippen molar-refractivity contribution in [2.24, 2.45) is 11.8 Å². The van der Waals surface area contributed by atoms with Crippen LogP contribution in [-0.2, 0) is 0 Å². The quantitative estimate of drug-likeness (QED) is 0.527. The van der Waals surface area contributed by atoms with Crippen molar-refractivity contribution in [3.05, 3.63) is 12.2 Å². The Morgan fingerprint density at radius 1 is 1.18 bits per heavy atom. The van der Waals surface area contributed by atoms with Crippen molar-refractivity contribution >= 4 is 0 Å². The number of hydrogen-bond donors (Lipinski definition) is 1. The van der Waals surface area contributed by atoms with Gasteiger partial charge in [0.1, 0.15) is 0 Å². The lowest BCUT2D eigenvalue weighted by Gasteiger charge is -2.29. The average molecular weight is 152 g/mol. The number of fused-ring (bicyclic) bond motifs is 2. The lowest BCUT2D eigenvalue weighted by molar-refractivity contribution is 0.0820. The minimum absolute atomic E-state index is 0.0125. The molecule has 1 fully saturated rings. The van der Waals surface area contributed by atoms with Crippen molar-refractivity contribution < 1.29 is 5.11 Å². The smallest absolute Gasteiger partial charge is 0.0548 e. The fourth-order valence-electron chi connectivity index (χ4n) is 2.46. The summed E-state index contributed by atoms with van der Waals surface area (Å²) in [5.74, 6) is 1.49. The summed E-state index contributed by atoms with van der Waals surface area (Å²) in [7, 11) is 0. The molecule has 0 saturated heterocycles. The molecular weight excluding hydrogens is 136 g/mol. The summed E-state index contributed by atoms with van der Waals surface area (Å²) in [6.45, 7) is 0. The highest BCUT2D eigenvalue weighted by molar-refractivity contribution is 4.97. The van der Waals surface area contributed by atoms with Crippen molar-refractivity contribution in [2.45, 2.75) is 38.2 Å². The maximum atomic E-state index is 9.51. The van der Waals surface area contributed by atoms with Gasteiger partial charge in [0.15, 0.2) is 0 Å². The van der Waals surface area contributed by atoms with Crippen LogP contribution < -0.4 is 0 Å². The van der Waals surface area contributed by atoms with E-state index in [9.17, 15) is 5.11 Å². The Labute approximate surface area is 68.1 Å². The van der Waals surface area contributed by atoms with Gasteiger partial charge in [-0.1, -0.05) is 12.2 Å². The van der Waals surface area contributed by atoms with Gasteiger partial charge in [-0.25, -0.2) is 0 Å². The Morgan fingerprint density at radius 3 is 3.00 bits per heavy atom. The Morgan fingerprint density at radius 2 is 2.09 bits per heavy atom. The molecule has 2 aliphatic rings. The first-order valence-corrected chi connectivity index (χ1v) is 4.69. The van der Waals surface area contributed by atoms with Gasteiger partial charge < -0.3 is 5.11 Å². The van der Waals surface area contributed by atoms with Gasteiger partial charge in [0.25, 0.3) is 0 Å². The van der Waals surface area contributed by atoms with Gasteiger partial charge in [-0.3, -0.25) is 0 Å². The molecule has 3 atom stereocenters. The molecule has 0 spiro atoms. The van der Waals surface area contributed by atoms with Gasteiger partial charge in [-0.15, -0.1) is 0 Å². The molecule has 2 rings (SSSR count). The van der Waals surface area contributed by atoms with E-state index in [1.807, 2.05) is 0 Å². The van der Waals surface area contributed by atoms with E-state index >= 15 is 0 Å². The van der Waals surface area contributed by atoms with Gasteiger partial charge in [0.2, 0.25) is 0 Å². The molecule has 0 radical (unpaired) electrons. The van der Waals surface area contributed by atoms with E-state index in [0.29, 0.717) is 5.92 Å². The Hall–Kier alpha value is -0.300. The predicted molar refractivity (Wildman–Crippen MR) is 45.2 cm³/mol. The van der Waals surface area contributed by atoms with Crippen LogP contribution in [-0.4, -0.2) is 11.2 Å². The van der Waals surface area contributed by atoms with E-state index in [1.165, 1.54) is 19.3 Å². The van der Waals surface area contributed by atoms with Crippen LogP contribution in [0, 0.1) is 11.8 Å². The molecule has 0 aromatic rings. The zero-order chi connectivity index (χ0) is 7.68. The molecule has 0 unspecified atom stereocenters. The average Bonchev–Trinajstić information content (AvgIpc) is 2.11. The second-order valence-electron chi connectivity index (χ2n) is 3.99. The molecule has 0 aliphatic heterocycles. The summed E-state index contributed by atoms with van der Waals surface area (Å²) in [6.07, 6.45) is 10.5. The zero-order valence-corrected chi connectivity index (χ0v) is 6.87. The van der Waals surface area contributed by atoms with Gasteiger partial charge in [0.05, 0.1) is 6.10 Å². The fourth-order valence-corrected chi connectivity index (χ4v) is 2.46. The van der Waals surface area contributed by atoms with Gasteiger partial charge in [-0.2, -0.15) is 0 Å². The van der Waals surface area contributed by atoms with E-state index in [2.05, 4.69) is 12.2 Å². The first-order chi connectivity index (χ1) is 5.34. The molecule has 1 nitrogen and oxygen atoms in total. The van der Waals surface area contributed by atoms with Gasteiger partial charge >= 0.3 is 0 Å². The lowest BCUT2D eigenvalue weighted by atomic mass is 9.80. The number of aliphatic hydroxyl groups is 1. The molecule has 62 valence electrons. The van der Waals surface area contributed by atoms with Crippen molar-refractivity contribution in [3.63, 3.8) is 0 Å². The Balaban J connectivity index is 2.06. The van der Waals surface area contributed by atoms with Crippen LogP contribution >= 0.6 is 0 Å². The third-order valence-corrected chi connectivity index (χ3v) is 2.97. The third-order valence-electron chi connectivity index (χ3n) is 2.97. The van der Waals surface area contributed by atoms with E-state index in [4.69, 9.17) is 0 Å². The van der Waals surface area contributed by atoms with Crippen molar-refractivity contribution in [3.8, 4) is 0 Å².